The highest BCUT2D eigenvalue weighted by Crippen LogP contribution is 2.27. The minimum Gasteiger partial charge on any atom is -0.296 e. The van der Waals surface area contributed by atoms with Crippen molar-refractivity contribution in [2.45, 2.75) is 24.7 Å². The molecule has 1 aliphatic rings. The van der Waals surface area contributed by atoms with Gasteiger partial charge in [-0.05, 0) is 24.8 Å². The number of rotatable bonds is 4. The van der Waals surface area contributed by atoms with Gasteiger partial charge in [-0.1, -0.05) is 18.3 Å². The van der Waals surface area contributed by atoms with Gasteiger partial charge in [-0.25, -0.2) is 8.42 Å². The van der Waals surface area contributed by atoms with E-state index in [4.69, 9.17) is 0 Å². The number of aromatic nitrogens is 2. The molecule has 1 fully saturated rings. The van der Waals surface area contributed by atoms with Crippen LogP contribution in [0.25, 0.3) is 0 Å². The number of hydrogen-bond acceptors (Lipinski definition) is 7. The minimum atomic E-state index is -3.53. The molecule has 0 saturated carbocycles. The van der Waals surface area contributed by atoms with Crippen molar-refractivity contribution in [2.75, 3.05) is 18.4 Å². The zero-order valence-corrected chi connectivity index (χ0v) is 14.9. The summed E-state index contributed by atoms with van der Waals surface area (Å²) in [6, 6.07) is 1.43. The number of nitrogens with zero attached hydrogens (tertiary/aromatic N) is 3. The summed E-state index contributed by atoms with van der Waals surface area (Å²) in [5.74, 6) is -0.0162. The summed E-state index contributed by atoms with van der Waals surface area (Å²) in [5, 5.41) is 11.9. The molecule has 2 aromatic rings. The third-order valence-electron chi connectivity index (χ3n) is 3.64. The zero-order chi connectivity index (χ0) is 16.4. The van der Waals surface area contributed by atoms with Crippen LogP contribution in [-0.2, 0) is 10.0 Å². The summed E-state index contributed by atoms with van der Waals surface area (Å²) in [6.45, 7) is 3.12. The first kappa shape index (κ1) is 16.5. The fourth-order valence-electron chi connectivity index (χ4n) is 2.47. The number of piperidine rings is 1. The average molecular weight is 372 g/mol. The van der Waals surface area contributed by atoms with Gasteiger partial charge in [0.1, 0.15) is 5.51 Å². The van der Waals surface area contributed by atoms with Gasteiger partial charge in [0.2, 0.25) is 15.2 Å². The summed E-state index contributed by atoms with van der Waals surface area (Å²) >= 11 is 2.31. The molecule has 10 heteroatoms. The molecule has 1 N–H and O–H groups in total. The Bertz CT molecular complexity index is 785. The van der Waals surface area contributed by atoms with E-state index in [2.05, 4.69) is 22.4 Å². The summed E-state index contributed by atoms with van der Waals surface area (Å²) in [6.07, 6.45) is 1.92. The maximum absolute atomic E-state index is 12.7. The lowest BCUT2D eigenvalue weighted by molar-refractivity contribution is 0.103. The predicted molar refractivity (Wildman–Crippen MR) is 89.3 cm³/mol. The number of nitrogens with one attached hydrogen (secondary N) is 1. The van der Waals surface area contributed by atoms with Crippen LogP contribution in [-0.4, -0.2) is 41.9 Å². The van der Waals surface area contributed by atoms with Gasteiger partial charge >= 0.3 is 0 Å². The van der Waals surface area contributed by atoms with Crippen LogP contribution in [0.3, 0.4) is 0 Å². The van der Waals surface area contributed by atoms with Crippen LogP contribution in [0.1, 0.15) is 29.4 Å². The lowest BCUT2D eigenvalue weighted by atomic mass is 10.0. The normalized spacial score (nSPS) is 19.6. The van der Waals surface area contributed by atoms with E-state index in [1.165, 1.54) is 32.6 Å². The molecule has 0 spiro atoms. The summed E-state index contributed by atoms with van der Waals surface area (Å²) < 4.78 is 26.8. The maximum Gasteiger partial charge on any atom is 0.267 e. The number of sulfonamides is 1. The van der Waals surface area contributed by atoms with Crippen molar-refractivity contribution in [3.05, 3.63) is 21.8 Å². The van der Waals surface area contributed by atoms with E-state index in [9.17, 15) is 13.2 Å². The zero-order valence-electron chi connectivity index (χ0n) is 12.4. The molecule has 2 aromatic heterocycles. The van der Waals surface area contributed by atoms with Gasteiger partial charge in [-0.15, -0.1) is 21.5 Å². The van der Waals surface area contributed by atoms with E-state index in [-0.39, 0.29) is 10.8 Å². The summed E-state index contributed by atoms with van der Waals surface area (Å²) in [7, 11) is -3.53. The highest BCUT2D eigenvalue weighted by Gasteiger charge is 2.30. The van der Waals surface area contributed by atoms with E-state index in [0.29, 0.717) is 29.0 Å². The quantitative estimate of drug-likeness (QED) is 0.889. The summed E-state index contributed by atoms with van der Waals surface area (Å²) in [4.78, 5) is 12.6. The van der Waals surface area contributed by atoms with Crippen LogP contribution in [0.15, 0.2) is 21.9 Å². The van der Waals surface area contributed by atoms with Gasteiger partial charge < -0.3 is 0 Å². The van der Waals surface area contributed by atoms with Gasteiger partial charge in [-0.2, -0.15) is 4.31 Å². The maximum atomic E-state index is 12.7. The van der Waals surface area contributed by atoms with Gasteiger partial charge in [-0.3, -0.25) is 10.1 Å². The highest BCUT2D eigenvalue weighted by atomic mass is 32.2. The number of thiophene rings is 1. The second-order valence-electron chi connectivity index (χ2n) is 5.46. The standard InChI is InChI=1S/C13H16N4O3S3/c1-9-3-2-4-17(6-9)23(19,20)10-5-11(21-7-10)12(18)15-13-16-14-8-22-13/h5,7-9H,2-4,6H2,1H3,(H,15,16,18)/t9-/m0/s1. The predicted octanol–water partition coefficient (Wildman–Crippen LogP) is 2.27. The third-order valence-corrected chi connectivity index (χ3v) is 7.16. The van der Waals surface area contributed by atoms with Crippen LogP contribution in [0, 0.1) is 5.92 Å². The van der Waals surface area contributed by atoms with E-state index in [1.807, 2.05) is 0 Å². The van der Waals surface area contributed by atoms with E-state index < -0.39 is 10.0 Å². The Hall–Kier alpha value is -1.36. The lowest BCUT2D eigenvalue weighted by Crippen LogP contribution is -2.38. The number of amides is 1. The molecular weight excluding hydrogens is 356 g/mol. The number of anilines is 1. The largest absolute Gasteiger partial charge is 0.296 e. The van der Waals surface area contributed by atoms with Crippen molar-refractivity contribution < 1.29 is 13.2 Å². The van der Waals surface area contributed by atoms with Gasteiger partial charge in [0.15, 0.2) is 0 Å². The topological polar surface area (TPSA) is 92.3 Å². The van der Waals surface area contributed by atoms with Crippen molar-refractivity contribution in [1.82, 2.24) is 14.5 Å². The second-order valence-corrected chi connectivity index (χ2v) is 9.14. The van der Waals surface area contributed by atoms with Crippen LogP contribution in [0.2, 0.25) is 0 Å². The minimum absolute atomic E-state index is 0.180. The molecule has 3 heterocycles. The Morgan fingerprint density at radius 2 is 2.26 bits per heavy atom. The molecule has 0 unspecified atom stereocenters. The first-order valence-corrected chi connectivity index (χ1v) is 10.3. The molecule has 1 saturated heterocycles. The molecule has 7 nitrogen and oxygen atoms in total. The Morgan fingerprint density at radius 3 is 2.96 bits per heavy atom. The van der Waals surface area contributed by atoms with E-state index in [0.717, 1.165) is 24.2 Å². The van der Waals surface area contributed by atoms with Crippen molar-refractivity contribution in [3.8, 4) is 0 Å². The van der Waals surface area contributed by atoms with Crippen molar-refractivity contribution in [3.63, 3.8) is 0 Å². The van der Waals surface area contributed by atoms with Crippen LogP contribution >= 0.6 is 22.7 Å². The van der Waals surface area contributed by atoms with Gasteiger partial charge in [0.05, 0.1) is 9.77 Å². The molecule has 1 aliphatic heterocycles. The molecule has 0 aliphatic carbocycles. The fourth-order valence-corrected chi connectivity index (χ4v) is 5.67. The molecule has 124 valence electrons. The summed E-state index contributed by atoms with van der Waals surface area (Å²) in [5.41, 5.74) is 1.51. The Balaban J connectivity index is 1.76. The van der Waals surface area contributed by atoms with Crippen LogP contribution in [0.4, 0.5) is 5.13 Å². The second kappa shape index (κ2) is 6.63. The first-order chi connectivity index (χ1) is 11.0. The SMILES string of the molecule is C[C@H]1CCCN(S(=O)(=O)c2csc(C(=O)Nc3nncs3)c2)C1. The number of carbonyl (C=O) groups excluding carboxylic acids is 1. The molecule has 23 heavy (non-hydrogen) atoms. The molecule has 3 rings (SSSR count). The first-order valence-electron chi connectivity index (χ1n) is 7.13. The van der Waals surface area contributed by atoms with Gasteiger partial charge in [0, 0.05) is 18.5 Å². The van der Waals surface area contributed by atoms with Crippen molar-refractivity contribution in [1.29, 1.82) is 0 Å². The van der Waals surface area contributed by atoms with Gasteiger partial charge in [0.25, 0.3) is 5.91 Å². The van der Waals surface area contributed by atoms with Crippen molar-refractivity contribution >= 4 is 43.7 Å². The lowest BCUT2D eigenvalue weighted by Gasteiger charge is -2.29. The Morgan fingerprint density at radius 1 is 1.43 bits per heavy atom. The fraction of sp³-hybridized carbons (Fsp3) is 0.462. The van der Waals surface area contributed by atoms with E-state index >= 15 is 0 Å². The highest BCUT2D eigenvalue weighted by molar-refractivity contribution is 7.89. The number of hydrogen-bond donors (Lipinski definition) is 1. The monoisotopic (exact) mass is 372 g/mol. The molecule has 0 radical (unpaired) electrons. The molecular formula is C13H16N4O3S3. The van der Waals surface area contributed by atoms with Crippen LogP contribution < -0.4 is 5.32 Å². The molecule has 0 aromatic carbocycles. The molecule has 1 atom stereocenters. The van der Waals surface area contributed by atoms with Crippen LogP contribution in [0.5, 0.6) is 0 Å². The number of carbonyl (C=O) groups is 1. The van der Waals surface area contributed by atoms with Crippen molar-refractivity contribution in [2.24, 2.45) is 5.92 Å². The van der Waals surface area contributed by atoms with E-state index in [1.54, 1.807) is 0 Å². The Labute approximate surface area is 142 Å². The molecule has 1 amide bonds. The Kier molecular flexibility index (Phi) is 4.76. The molecule has 0 bridgehead atoms. The third kappa shape index (κ3) is 3.60. The average Bonchev–Trinajstić information content (AvgIpc) is 3.18. The smallest absolute Gasteiger partial charge is 0.267 e.